The Morgan fingerprint density at radius 2 is 1.81 bits per heavy atom. The summed E-state index contributed by atoms with van der Waals surface area (Å²) in [7, 11) is 1.62. The molecule has 27 heavy (non-hydrogen) atoms. The molecular weight excluding hydrogens is 362 g/mol. The molecule has 0 aliphatic carbocycles. The zero-order chi connectivity index (χ0) is 19.8. The van der Waals surface area contributed by atoms with E-state index in [1.54, 1.807) is 14.0 Å². The highest BCUT2D eigenvalue weighted by atomic mass is 32.1. The van der Waals surface area contributed by atoms with E-state index in [-0.39, 0.29) is 5.91 Å². The molecule has 0 aromatic heterocycles. The van der Waals surface area contributed by atoms with Crippen molar-refractivity contribution >= 4 is 23.2 Å². The maximum Gasteiger partial charge on any atom is 0.279 e. The summed E-state index contributed by atoms with van der Waals surface area (Å²) < 4.78 is 10.9. The van der Waals surface area contributed by atoms with E-state index in [0.29, 0.717) is 17.4 Å². The third-order valence-electron chi connectivity index (χ3n) is 4.14. The molecule has 0 spiro atoms. The lowest BCUT2D eigenvalue weighted by Gasteiger charge is -2.18. The molecule has 0 radical (unpaired) electrons. The predicted molar refractivity (Wildman–Crippen MR) is 110 cm³/mol. The van der Waals surface area contributed by atoms with E-state index in [9.17, 15) is 4.79 Å². The van der Waals surface area contributed by atoms with E-state index in [2.05, 4.69) is 16.2 Å². The number of hydrogen-bond donors (Lipinski definition) is 3. The first-order valence-electron chi connectivity index (χ1n) is 8.60. The van der Waals surface area contributed by atoms with Gasteiger partial charge in [-0.2, -0.15) is 0 Å². The van der Waals surface area contributed by atoms with Crippen LogP contribution in [-0.2, 0) is 11.3 Å². The number of hydrazine groups is 1. The molecule has 2 aromatic carbocycles. The van der Waals surface area contributed by atoms with Crippen LogP contribution in [0.25, 0.3) is 0 Å². The van der Waals surface area contributed by atoms with Crippen molar-refractivity contribution in [3.05, 3.63) is 59.2 Å². The fourth-order valence-corrected chi connectivity index (χ4v) is 2.41. The van der Waals surface area contributed by atoms with Crippen LogP contribution in [-0.4, -0.2) is 24.2 Å². The number of ether oxygens (including phenoxy) is 2. The predicted octanol–water partition coefficient (Wildman–Crippen LogP) is 2.77. The summed E-state index contributed by atoms with van der Waals surface area (Å²) in [5.74, 6) is 1.17. The van der Waals surface area contributed by atoms with Crippen molar-refractivity contribution in [1.29, 1.82) is 0 Å². The highest BCUT2D eigenvalue weighted by molar-refractivity contribution is 7.80. The fraction of sp³-hybridized carbons (Fsp3) is 0.300. The zero-order valence-corrected chi connectivity index (χ0v) is 16.8. The molecule has 2 rings (SSSR count). The number of benzene rings is 2. The fourth-order valence-electron chi connectivity index (χ4n) is 2.29. The molecule has 3 N–H and O–H groups in total. The van der Waals surface area contributed by atoms with Gasteiger partial charge in [-0.1, -0.05) is 24.3 Å². The minimum absolute atomic E-state index is 0.315. The normalized spacial score (nSPS) is 11.3. The van der Waals surface area contributed by atoms with Gasteiger partial charge >= 0.3 is 0 Å². The van der Waals surface area contributed by atoms with Crippen molar-refractivity contribution in [1.82, 2.24) is 16.2 Å². The minimum Gasteiger partial charge on any atom is -0.497 e. The summed E-state index contributed by atoms with van der Waals surface area (Å²) in [4.78, 5) is 12.2. The Morgan fingerprint density at radius 3 is 2.48 bits per heavy atom. The van der Waals surface area contributed by atoms with E-state index in [0.717, 1.165) is 22.4 Å². The SMILES string of the molecule is COc1ccc(CNC(=S)NNC(=O)[C@@H](C)Oc2cccc(C)c2C)cc1. The smallest absolute Gasteiger partial charge is 0.279 e. The van der Waals surface area contributed by atoms with E-state index < -0.39 is 6.10 Å². The zero-order valence-electron chi connectivity index (χ0n) is 16.0. The van der Waals surface area contributed by atoms with Gasteiger partial charge < -0.3 is 14.8 Å². The molecular formula is C20H25N3O3S. The van der Waals surface area contributed by atoms with Crippen molar-refractivity contribution in [3.63, 3.8) is 0 Å². The number of amides is 1. The van der Waals surface area contributed by atoms with Crippen LogP contribution >= 0.6 is 12.2 Å². The number of carbonyl (C=O) groups is 1. The van der Waals surface area contributed by atoms with Gasteiger partial charge in [0.1, 0.15) is 11.5 Å². The van der Waals surface area contributed by atoms with E-state index in [1.165, 1.54) is 0 Å². The maximum absolute atomic E-state index is 12.2. The maximum atomic E-state index is 12.2. The summed E-state index contributed by atoms with van der Waals surface area (Å²) in [6.07, 6.45) is -0.664. The molecule has 0 unspecified atom stereocenters. The van der Waals surface area contributed by atoms with Crippen molar-refractivity contribution in [2.75, 3.05) is 7.11 Å². The number of carbonyl (C=O) groups excluding carboxylic acids is 1. The first-order chi connectivity index (χ1) is 12.9. The van der Waals surface area contributed by atoms with Gasteiger partial charge in [-0.05, 0) is 67.9 Å². The third-order valence-corrected chi connectivity index (χ3v) is 4.39. The number of nitrogens with one attached hydrogen (secondary N) is 3. The van der Waals surface area contributed by atoms with Gasteiger partial charge in [0, 0.05) is 6.54 Å². The van der Waals surface area contributed by atoms with Crippen LogP contribution in [0.2, 0.25) is 0 Å². The van der Waals surface area contributed by atoms with Crippen molar-refractivity contribution in [2.45, 2.75) is 33.4 Å². The second-order valence-electron chi connectivity index (χ2n) is 6.10. The summed E-state index contributed by atoms with van der Waals surface area (Å²) in [5.41, 5.74) is 8.41. The quantitative estimate of drug-likeness (QED) is 0.523. The van der Waals surface area contributed by atoms with Gasteiger partial charge in [0.15, 0.2) is 11.2 Å². The van der Waals surface area contributed by atoms with E-state index in [4.69, 9.17) is 21.7 Å². The van der Waals surface area contributed by atoms with Crippen LogP contribution in [0.15, 0.2) is 42.5 Å². The number of hydrogen-bond acceptors (Lipinski definition) is 4. The molecule has 0 fully saturated rings. The standard InChI is InChI=1S/C20H25N3O3S/c1-13-6-5-7-18(14(13)2)26-15(3)19(24)22-23-20(27)21-12-16-8-10-17(25-4)11-9-16/h5-11,15H,12H2,1-4H3,(H,22,24)(H2,21,23,27)/t15-/m1/s1. The van der Waals surface area contributed by atoms with Gasteiger partial charge in [-0.25, -0.2) is 0 Å². The van der Waals surface area contributed by atoms with Crippen molar-refractivity contribution in [2.24, 2.45) is 0 Å². The Labute approximate surface area is 165 Å². The van der Waals surface area contributed by atoms with Gasteiger partial charge in [-0.3, -0.25) is 15.6 Å². The van der Waals surface area contributed by atoms with Gasteiger partial charge in [0.25, 0.3) is 5.91 Å². The number of aryl methyl sites for hydroxylation is 1. The third kappa shape index (κ3) is 6.14. The van der Waals surface area contributed by atoms with Crippen LogP contribution in [0.3, 0.4) is 0 Å². The molecule has 7 heteroatoms. The lowest BCUT2D eigenvalue weighted by Crippen LogP contribution is -2.50. The molecule has 0 bridgehead atoms. The molecule has 144 valence electrons. The lowest BCUT2D eigenvalue weighted by molar-refractivity contribution is -0.127. The second-order valence-corrected chi connectivity index (χ2v) is 6.51. The van der Waals surface area contributed by atoms with Crippen LogP contribution in [0.5, 0.6) is 11.5 Å². The minimum atomic E-state index is -0.664. The number of rotatable bonds is 6. The summed E-state index contributed by atoms with van der Waals surface area (Å²) >= 11 is 5.17. The first kappa shape index (κ1) is 20.5. The van der Waals surface area contributed by atoms with Crippen LogP contribution in [0.1, 0.15) is 23.6 Å². The molecule has 1 amide bonds. The Bertz CT molecular complexity index is 794. The summed E-state index contributed by atoms with van der Waals surface area (Å²) in [6, 6.07) is 13.4. The Kier molecular flexibility index (Phi) is 7.43. The molecule has 6 nitrogen and oxygen atoms in total. The summed E-state index contributed by atoms with van der Waals surface area (Å²) in [6.45, 7) is 6.18. The molecule has 0 heterocycles. The highest BCUT2D eigenvalue weighted by Crippen LogP contribution is 2.21. The second kappa shape index (κ2) is 9.78. The molecule has 0 saturated carbocycles. The number of methoxy groups -OCH3 is 1. The van der Waals surface area contributed by atoms with Crippen molar-refractivity contribution < 1.29 is 14.3 Å². The Hall–Kier alpha value is -2.80. The van der Waals surface area contributed by atoms with Crippen molar-refractivity contribution in [3.8, 4) is 11.5 Å². The summed E-state index contributed by atoms with van der Waals surface area (Å²) in [5, 5.41) is 3.34. The van der Waals surface area contributed by atoms with Gasteiger partial charge in [0.2, 0.25) is 0 Å². The van der Waals surface area contributed by atoms with Crippen LogP contribution < -0.4 is 25.6 Å². The van der Waals surface area contributed by atoms with E-state index in [1.807, 2.05) is 56.3 Å². The molecule has 1 atom stereocenters. The molecule has 0 aliphatic heterocycles. The molecule has 2 aromatic rings. The lowest BCUT2D eigenvalue weighted by atomic mass is 10.1. The Morgan fingerprint density at radius 1 is 1.11 bits per heavy atom. The average Bonchev–Trinajstić information content (AvgIpc) is 2.68. The molecule has 0 aliphatic rings. The van der Waals surface area contributed by atoms with Gasteiger partial charge in [-0.15, -0.1) is 0 Å². The van der Waals surface area contributed by atoms with Gasteiger partial charge in [0.05, 0.1) is 7.11 Å². The van der Waals surface area contributed by atoms with Crippen LogP contribution in [0, 0.1) is 13.8 Å². The molecule has 0 saturated heterocycles. The highest BCUT2D eigenvalue weighted by Gasteiger charge is 2.16. The average molecular weight is 388 g/mol. The first-order valence-corrected chi connectivity index (χ1v) is 9.01. The van der Waals surface area contributed by atoms with E-state index >= 15 is 0 Å². The van der Waals surface area contributed by atoms with Crippen LogP contribution in [0.4, 0.5) is 0 Å². The topological polar surface area (TPSA) is 71.6 Å². The Balaban J connectivity index is 1.76. The number of thiocarbonyl (C=S) groups is 1. The largest absolute Gasteiger partial charge is 0.497 e. The monoisotopic (exact) mass is 387 g/mol.